The number of aromatic nitrogens is 2. The Morgan fingerprint density at radius 2 is 2.14 bits per heavy atom. The van der Waals surface area contributed by atoms with E-state index < -0.39 is 0 Å². The molecule has 3 aromatic rings. The quantitative estimate of drug-likeness (QED) is 0.291. The zero-order chi connectivity index (χ0) is 19.7. The van der Waals surface area contributed by atoms with E-state index >= 15 is 0 Å². The van der Waals surface area contributed by atoms with Gasteiger partial charge in [0, 0.05) is 28.1 Å². The maximum absolute atomic E-state index is 12.2. The molecule has 0 saturated carbocycles. The summed E-state index contributed by atoms with van der Waals surface area (Å²) in [5.41, 5.74) is 2.98. The number of benzene rings is 1. The Balaban J connectivity index is 1.36. The fourth-order valence-corrected chi connectivity index (χ4v) is 5.14. The Morgan fingerprint density at radius 3 is 3.00 bits per heavy atom. The van der Waals surface area contributed by atoms with Gasteiger partial charge in [0.15, 0.2) is 0 Å². The highest BCUT2D eigenvalue weighted by molar-refractivity contribution is 7.99. The second kappa shape index (κ2) is 7.89. The van der Waals surface area contributed by atoms with Crippen molar-refractivity contribution >= 4 is 50.9 Å². The lowest BCUT2D eigenvalue weighted by Crippen LogP contribution is -2.19. The van der Waals surface area contributed by atoms with E-state index in [2.05, 4.69) is 29.1 Å². The number of anilines is 1. The van der Waals surface area contributed by atoms with Crippen molar-refractivity contribution in [3.05, 3.63) is 40.5 Å². The molecule has 0 unspecified atom stereocenters. The average Bonchev–Trinajstić information content (AvgIpc) is 2.97. The number of fused-ring (bicyclic) bond motifs is 2. The fraction of sp³-hybridized carbons (Fsp3) is 0.300. The molecule has 6 nitrogen and oxygen atoms in total. The van der Waals surface area contributed by atoms with Crippen LogP contribution in [0.2, 0.25) is 0 Å². The molecule has 2 aromatic heterocycles. The second-order valence-electron chi connectivity index (χ2n) is 6.58. The lowest BCUT2D eigenvalue weighted by atomic mass is 10.0. The number of ether oxygens (including phenoxy) is 1. The molecule has 0 spiro atoms. The van der Waals surface area contributed by atoms with E-state index in [9.17, 15) is 9.59 Å². The summed E-state index contributed by atoms with van der Waals surface area (Å²) in [7, 11) is 0. The zero-order valence-corrected chi connectivity index (χ0v) is 17.2. The summed E-state index contributed by atoms with van der Waals surface area (Å²) < 4.78 is 5.46. The number of esters is 1. The summed E-state index contributed by atoms with van der Waals surface area (Å²) in [5.74, 6) is 0.832. The first-order chi connectivity index (χ1) is 13.5. The third-order valence-corrected chi connectivity index (χ3v) is 6.79. The summed E-state index contributed by atoms with van der Waals surface area (Å²) in [4.78, 5) is 34.6. The number of hydrogen-bond donors (Lipinski definition) is 1. The maximum atomic E-state index is 12.2. The number of carbonyl (C=O) groups excluding carboxylic acids is 2. The van der Waals surface area contributed by atoms with Gasteiger partial charge in [-0.1, -0.05) is 0 Å². The van der Waals surface area contributed by atoms with Gasteiger partial charge in [-0.3, -0.25) is 9.59 Å². The Kier molecular flexibility index (Phi) is 5.32. The van der Waals surface area contributed by atoms with Crippen molar-refractivity contribution in [3.8, 4) is 5.75 Å². The van der Waals surface area contributed by atoms with E-state index in [1.807, 2.05) is 6.07 Å². The summed E-state index contributed by atoms with van der Waals surface area (Å²) >= 11 is 3.21. The molecule has 1 aromatic carbocycles. The van der Waals surface area contributed by atoms with E-state index in [1.165, 1.54) is 10.4 Å². The molecule has 0 bridgehead atoms. The van der Waals surface area contributed by atoms with Gasteiger partial charge in [0.1, 0.15) is 21.9 Å². The number of thiophene rings is 1. The first kappa shape index (κ1) is 18.9. The van der Waals surface area contributed by atoms with Crippen molar-refractivity contribution in [2.75, 3.05) is 11.1 Å². The van der Waals surface area contributed by atoms with E-state index in [0.29, 0.717) is 24.3 Å². The van der Waals surface area contributed by atoms with Crippen LogP contribution in [0.5, 0.6) is 5.75 Å². The van der Waals surface area contributed by atoms with E-state index in [-0.39, 0.29) is 18.3 Å². The zero-order valence-electron chi connectivity index (χ0n) is 15.6. The highest BCUT2D eigenvalue weighted by Gasteiger charge is 2.17. The van der Waals surface area contributed by atoms with Gasteiger partial charge in [0.2, 0.25) is 5.91 Å². The minimum Gasteiger partial charge on any atom is -0.426 e. The first-order valence-electron chi connectivity index (χ1n) is 8.98. The number of nitrogens with zero attached hydrogens (tertiary/aromatic N) is 2. The third kappa shape index (κ3) is 3.88. The number of nitrogens with one attached hydrogen (secondary N) is 1. The third-order valence-electron chi connectivity index (χ3n) is 4.68. The van der Waals surface area contributed by atoms with Gasteiger partial charge in [-0.15, -0.1) is 23.1 Å². The molecule has 0 aliphatic carbocycles. The predicted molar refractivity (Wildman–Crippen MR) is 111 cm³/mol. The van der Waals surface area contributed by atoms with Crippen LogP contribution in [0.4, 0.5) is 5.69 Å². The molecule has 1 aliphatic rings. The van der Waals surface area contributed by atoms with Gasteiger partial charge in [0.25, 0.3) is 0 Å². The van der Waals surface area contributed by atoms with Crippen LogP contribution in [0.25, 0.3) is 10.2 Å². The molecule has 144 valence electrons. The predicted octanol–water partition coefficient (Wildman–Crippen LogP) is 4.28. The van der Waals surface area contributed by atoms with E-state index in [1.54, 1.807) is 41.6 Å². The van der Waals surface area contributed by atoms with Crippen LogP contribution in [0.1, 0.15) is 28.8 Å². The van der Waals surface area contributed by atoms with Crippen LogP contribution >= 0.6 is 23.1 Å². The number of carbonyl (C=O) groups is 2. The maximum Gasteiger partial charge on any atom is 0.312 e. The van der Waals surface area contributed by atoms with Crippen LogP contribution < -0.4 is 10.1 Å². The Morgan fingerprint density at radius 1 is 1.29 bits per heavy atom. The highest BCUT2D eigenvalue weighted by atomic mass is 32.2. The number of hydrogen-bond acceptors (Lipinski definition) is 7. The van der Waals surface area contributed by atoms with Crippen molar-refractivity contribution in [3.63, 3.8) is 0 Å². The van der Waals surface area contributed by atoms with Crippen LogP contribution in [-0.2, 0) is 16.0 Å². The van der Waals surface area contributed by atoms with Gasteiger partial charge in [0.05, 0.1) is 6.42 Å². The lowest BCUT2D eigenvalue weighted by Gasteiger charge is -2.17. The topological polar surface area (TPSA) is 81.2 Å². The minimum absolute atomic E-state index is 0.0177. The number of amides is 1. The van der Waals surface area contributed by atoms with Crippen LogP contribution in [0, 0.1) is 13.8 Å². The molecule has 0 radical (unpaired) electrons. The van der Waals surface area contributed by atoms with Crippen molar-refractivity contribution in [2.24, 2.45) is 0 Å². The molecule has 1 N–H and O–H groups in total. The monoisotopic (exact) mass is 413 g/mol. The molecule has 4 rings (SSSR count). The standard InChI is InChI=1S/C20H19N3O3S2/c1-11-12(2)28-20-18(11)19(21-10-22-20)27-8-7-17(25)26-14-4-5-15-13(9-14)3-6-16(24)23-15/h4-5,9-10H,3,6-8H2,1-2H3,(H,23,24). The molecule has 28 heavy (non-hydrogen) atoms. The number of thioether (sulfide) groups is 1. The normalized spacial score (nSPS) is 13.3. The molecule has 1 aliphatic heterocycles. The minimum atomic E-state index is -0.282. The molecule has 0 fully saturated rings. The van der Waals surface area contributed by atoms with Gasteiger partial charge in [-0.05, 0) is 49.6 Å². The van der Waals surface area contributed by atoms with Gasteiger partial charge < -0.3 is 10.1 Å². The molecule has 3 heterocycles. The number of aryl methyl sites for hydroxylation is 3. The molecule has 0 atom stereocenters. The lowest BCUT2D eigenvalue weighted by molar-refractivity contribution is -0.133. The van der Waals surface area contributed by atoms with Crippen molar-refractivity contribution < 1.29 is 14.3 Å². The molecule has 0 saturated heterocycles. The Hall–Kier alpha value is -2.45. The average molecular weight is 414 g/mol. The van der Waals surface area contributed by atoms with Gasteiger partial charge in [-0.25, -0.2) is 9.97 Å². The second-order valence-corrected chi connectivity index (χ2v) is 8.87. The fourth-order valence-electron chi connectivity index (χ4n) is 3.10. The molecular formula is C20H19N3O3S2. The molecule has 8 heteroatoms. The van der Waals surface area contributed by atoms with Crippen LogP contribution in [0.3, 0.4) is 0 Å². The van der Waals surface area contributed by atoms with E-state index in [0.717, 1.165) is 26.5 Å². The number of rotatable bonds is 5. The van der Waals surface area contributed by atoms with Crippen molar-refractivity contribution in [1.82, 2.24) is 9.97 Å². The van der Waals surface area contributed by atoms with E-state index in [4.69, 9.17) is 4.74 Å². The largest absolute Gasteiger partial charge is 0.426 e. The highest BCUT2D eigenvalue weighted by Crippen LogP contribution is 2.34. The SMILES string of the molecule is Cc1sc2ncnc(SCCC(=O)Oc3ccc4c(c3)CCC(=O)N4)c2c1C. The van der Waals surface area contributed by atoms with Crippen molar-refractivity contribution in [2.45, 2.75) is 38.1 Å². The van der Waals surface area contributed by atoms with Crippen molar-refractivity contribution in [1.29, 1.82) is 0 Å². The summed E-state index contributed by atoms with van der Waals surface area (Å²) in [6, 6.07) is 5.31. The summed E-state index contributed by atoms with van der Waals surface area (Å²) in [5, 5.41) is 4.81. The Bertz CT molecular complexity index is 1080. The van der Waals surface area contributed by atoms with Crippen LogP contribution in [0.15, 0.2) is 29.6 Å². The molecular weight excluding hydrogens is 394 g/mol. The first-order valence-corrected chi connectivity index (χ1v) is 10.8. The van der Waals surface area contributed by atoms with Gasteiger partial charge in [-0.2, -0.15) is 0 Å². The van der Waals surface area contributed by atoms with Crippen LogP contribution in [-0.4, -0.2) is 27.6 Å². The smallest absolute Gasteiger partial charge is 0.312 e. The summed E-state index contributed by atoms with van der Waals surface area (Å²) in [6.07, 6.45) is 2.97. The molecule has 1 amide bonds. The Labute approximate surface area is 170 Å². The van der Waals surface area contributed by atoms with Gasteiger partial charge >= 0.3 is 5.97 Å². The summed E-state index contributed by atoms with van der Waals surface area (Å²) in [6.45, 7) is 4.16.